The van der Waals surface area contributed by atoms with Gasteiger partial charge < -0.3 is 13.6 Å². The Kier molecular flexibility index (Phi) is 14.6. The van der Waals surface area contributed by atoms with Gasteiger partial charge in [-0.3, -0.25) is 9.59 Å². The first kappa shape index (κ1) is 52.4. The molecule has 0 N–H and O–H groups in total. The maximum absolute atomic E-state index is 15.3. The molecule has 0 aromatic heterocycles. The average Bonchev–Trinajstić information content (AvgIpc) is 3.83. The fourth-order valence-electron chi connectivity index (χ4n) is 9.47. The van der Waals surface area contributed by atoms with Crippen molar-refractivity contribution < 1.29 is 62.7 Å². The van der Waals surface area contributed by atoms with E-state index in [0.29, 0.717) is 13.3 Å². The van der Waals surface area contributed by atoms with Gasteiger partial charge in [0.25, 0.3) is 0 Å². The Morgan fingerprint density at radius 1 is 0.823 bits per heavy atom. The van der Waals surface area contributed by atoms with Crippen LogP contribution in [0.15, 0.2) is 47.6 Å². The number of esters is 1. The minimum Gasteiger partial charge on any atom is -0.455 e. The number of alkyl halides is 9. The number of carbonyl (C=O) groups excluding carboxylic acids is 2. The van der Waals surface area contributed by atoms with Crippen LogP contribution < -0.4 is 0 Å². The van der Waals surface area contributed by atoms with Crippen molar-refractivity contribution in [3.63, 3.8) is 0 Å². The largest absolute Gasteiger partial charge is 0.460 e. The molecule has 0 aromatic carbocycles. The molecule has 0 spiro atoms. The summed E-state index contributed by atoms with van der Waals surface area (Å²) in [5.74, 6) is -23.5. The van der Waals surface area contributed by atoms with E-state index in [1.807, 2.05) is 6.92 Å². The van der Waals surface area contributed by atoms with Crippen LogP contribution in [0.3, 0.4) is 0 Å². The number of ketones is 1. The number of ether oxygens (including phenoxy) is 1. The third-order valence-electron chi connectivity index (χ3n) is 15.5. The van der Waals surface area contributed by atoms with Gasteiger partial charge in [0, 0.05) is 13.3 Å². The molecule has 0 aromatic rings. The first-order chi connectivity index (χ1) is 27.8. The second-order valence-corrected chi connectivity index (χ2v) is 31.4. The van der Waals surface area contributed by atoms with Crippen LogP contribution in [-0.2, 0) is 23.2 Å². The molecule has 0 heterocycles. The van der Waals surface area contributed by atoms with Gasteiger partial charge in [-0.2, -0.15) is 39.5 Å². The van der Waals surface area contributed by atoms with Gasteiger partial charge in [-0.05, 0) is 128 Å². The summed E-state index contributed by atoms with van der Waals surface area (Å²) in [5.41, 5.74) is 0.492. The molecule has 354 valence electrons. The smallest absolute Gasteiger partial charge is 0.455 e. The highest BCUT2D eigenvalue weighted by Crippen LogP contribution is 2.63. The molecule has 4 saturated carbocycles. The number of carbonyl (C=O) groups is 2. The highest BCUT2D eigenvalue weighted by molar-refractivity contribution is 6.74. The Labute approximate surface area is 365 Å². The van der Waals surface area contributed by atoms with E-state index in [2.05, 4.69) is 98.1 Å². The van der Waals surface area contributed by atoms with Gasteiger partial charge in [0.2, 0.25) is 0 Å². The molecule has 0 aliphatic heterocycles. The second kappa shape index (κ2) is 17.2. The van der Waals surface area contributed by atoms with Crippen molar-refractivity contribution >= 4 is 28.4 Å². The van der Waals surface area contributed by atoms with Gasteiger partial charge in [0.15, 0.2) is 28.5 Å². The third-order valence-corrected chi connectivity index (χ3v) is 24.5. The fraction of sp³-hybridized carbons (Fsp3) is 0.783. The predicted octanol–water partition coefficient (Wildman–Crippen LogP) is 14.1. The fourth-order valence-corrected chi connectivity index (χ4v) is 12.1. The molecule has 0 amide bonds. The zero-order valence-corrected chi connectivity index (χ0v) is 40.8. The molecular weight excluding hydrogens is 860 g/mol. The molecule has 16 heteroatoms. The van der Waals surface area contributed by atoms with Crippen LogP contribution in [0.4, 0.5) is 39.5 Å². The first-order valence-electron chi connectivity index (χ1n) is 21.8. The Bertz CT molecular complexity index is 1800. The topological polar surface area (TPSA) is 61.8 Å². The number of allylic oxidation sites excluding steroid dienone is 5. The van der Waals surface area contributed by atoms with E-state index in [-0.39, 0.29) is 45.5 Å². The van der Waals surface area contributed by atoms with E-state index in [4.69, 9.17) is 8.85 Å². The molecule has 5 nitrogen and oxygen atoms in total. The highest BCUT2D eigenvalue weighted by atomic mass is 28.4. The Hall–Kier alpha value is -2.18. The third kappa shape index (κ3) is 9.83. The van der Waals surface area contributed by atoms with Crippen molar-refractivity contribution in [2.45, 2.75) is 199 Å². The van der Waals surface area contributed by atoms with E-state index in [1.54, 1.807) is 0 Å². The summed E-state index contributed by atoms with van der Waals surface area (Å²) in [7, 11) is -4.30. The van der Waals surface area contributed by atoms with Crippen molar-refractivity contribution in [3.8, 4) is 0 Å². The molecule has 0 radical (unpaired) electrons. The molecule has 0 bridgehead atoms. The van der Waals surface area contributed by atoms with Gasteiger partial charge in [-0.15, -0.1) is 0 Å². The van der Waals surface area contributed by atoms with Crippen LogP contribution in [0.1, 0.15) is 120 Å². The molecular formula is C46H69F9O5Si2. The number of hydrogen-bond acceptors (Lipinski definition) is 5. The summed E-state index contributed by atoms with van der Waals surface area (Å²) in [5, 5.41) is 0.0160. The van der Waals surface area contributed by atoms with E-state index < -0.39 is 76.7 Å². The van der Waals surface area contributed by atoms with Crippen LogP contribution in [0.2, 0.25) is 36.3 Å². The zero-order valence-electron chi connectivity index (χ0n) is 38.8. The lowest BCUT2D eigenvalue weighted by atomic mass is 9.61. The van der Waals surface area contributed by atoms with Crippen molar-refractivity contribution in [1.29, 1.82) is 0 Å². The van der Waals surface area contributed by atoms with E-state index in [0.717, 1.165) is 55.7 Å². The Balaban J connectivity index is 1.60. The molecule has 1 unspecified atom stereocenters. The predicted molar refractivity (Wildman–Crippen MR) is 228 cm³/mol. The van der Waals surface area contributed by atoms with Crippen molar-refractivity contribution in [2.24, 2.45) is 28.6 Å². The SMILES string of the molecule is C=C1/C(=C\C=C2/CCC[C@]3(C)[C@@H]([C@H](C)/C=C/C(=O)C4(C(OC(C)=O)C(F)(F)C(F)(F)C(F)(F)C(F)(F)F)CC4)CC[C@@H]23)C[C@@H](O[Si](C)(C)C(C)(C)C)C[C@@H]1O[Si](C)(C)C(C)(C)C. The van der Waals surface area contributed by atoms with Gasteiger partial charge in [0.1, 0.15) is 0 Å². The molecule has 7 atom stereocenters. The second-order valence-electron chi connectivity index (χ2n) is 21.9. The molecule has 0 saturated heterocycles. The number of fused-ring (bicyclic) bond motifs is 1. The monoisotopic (exact) mass is 928 g/mol. The summed E-state index contributed by atoms with van der Waals surface area (Å²) in [4.78, 5) is 25.4. The number of hydrogen-bond donors (Lipinski definition) is 0. The maximum atomic E-state index is 15.3. The molecule has 4 aliphatic rings. The van der Waals surface area contributed by atoms with E-state index >= 15 is 8.78 Å². The molecule has 62 heavy (non-hydrogen) atoms. The maximum Gasteiger partial charge on any atom is 0.460 e. The van der Waals surface area contributed by atoms with Crippen LogP contribution in [0.5, 0.6) is 0 Å². The Morgan fingerprint density at radius 3 is 1.87 bits per heavy atom. The molecule has 4 rings (SSSR count). The van der Waals surface area contributed by atoms with Crippen LogP contribution in [0.25, 0.3) is 0 Å². The normalized spacial score (nSPS) is 29.2. The number of rotatable bonds is 14. The Morgan fingerprint density at radius 2 is 1.37 bits per heavy atom. The van der Waals surface area contributed by atoms with Crippen molar-refractivity contribution in [3.05, 3.63) is 47.6 Å². The van der Waals surface area contributed by atoms with Gasteiger partial charge in [-0.25, -0.2) is 0 Å². The summed E-state index contributed by atoms with van der Waals surface area (Å²) < 4.78 is 145. The first-order valence-corrected chi connectivity index (χ1v) is 27.7. The van der Waals surface area contributed by atoms with Crippen molar-refractivity contribution in [1.82, 2.24) is 0 Å². The van der Waals surface area contributed by atoms with E-state index in [1.165, 1.54) is 11.6 Å². The lowest BCUT2D eigenvalue weighted by molar-refractivity contribution is -0.408. The van der Waals surface area contributed by atoms with Crippen LogP contribution in [0, 0.1) is 28.6 Å². The molecule has 4 fully saturated rings. The van der Waals surface area contributed by atoms with Crippen molar-refractivity contribution in [2.75, 3.05) is 0 Å². The summed E-state index contributed by atoms with van der Waals surface area (Å²) in [6.45, 7) is 31.4. The highest BCUT2D eigenvalue weighted by Gasteiger charge is 2.86. The lowest BCUT2D eigenvalue weighted by Gasteiger charge is -2.45. The van der Waals surface area contributed by atoms with E-state index in [9.17, 15) is 40.3 Å². The summed E-state index contributed by atoms with van der Waals surface area (Å²) in [6.07, 6.45) is 0.418. The standard InChI is InChI=1S/C46H69F9O5Si2/c1-28(17-22-37(57)42(24-25-42)38(58-30(3)56)43(47,48)44(49,50)45(51,52)46(53,54)55)34-20-21-35-31(16-15-23-41(34,35)10)18-19-32-26-33(59-61(11,12)39(4,5)6)27-36(29(32)2)60-62(13,14)40(7,8)9/h17-19,22,28,33-36,38H,2,15-16,20-21,23-27H2,1,3-14H3/b22-17+,31-18+,32-19-/t28-,33-,34-,35+,36+,38?,41-/m1/s1. The van der Waals surface area contributed by atoms with Gasteiger partial charge >= 0.3 is 29.9 Å². The van der Waals surface area contributed by atoms with Gasteiger partial charge in [0.05, 0.1) is 17.6 Å². The quantitative estimate of drug-likeness (QED) is 0.0752. The van der Waals surface area contributed by atoms with Gasteiger partial charge in [-0.1, -0.05) is 85.8 Å². The van der Waals surface area contributed by atoms with Crippen LogP contribution in [-0.4, -0.2) is 70.6 Å². The van der Waals surface area contributed by atoms with Crippen LogP contribution >= 0.6 is 0 Å². The average molecular weight is 929 g/mol. The summed E-state index contributed by atoms with van der Waals surface area (Å²) >= 11 is 0. The lowest BCUT2D eigenvalue weighted by Crippen LogP contribution is -2.66. The minimum atomic E-state index is -7.20. The number of halogens is 9. The molecule has 4 aliphatic carbocycles. The zero-order chi connectivity index (χ0) is 47.7. The minimum absolute atomic E-state index is 0.00189. The summed E-state index contributed by atoms with van der Waals surface area (Å²) in [6, 6.07) is 0.